The van der Waals surface area contributed by atoms with Gasteiger partial charge in [-0.25, -0.2) is 9.97 Å². The number of imidazole rings is 1. The van der Waals surface area contributed by atoms with Crippen LogP contribution in [0.4, 0.5) is 5.95 Å². The topological polar surface area (TPSA) is 56.7 Å². The van der Waals surface area contributed by atoms with Crippen molar-refractivity contribution in [2.75, 3.05) is 5.73 Å². The molecule has 4 heteroatoms. The van der Waals surface area contributed by atoms with Crippen molar-refractivity contribution in [3.05, 3.63) is 17.8 Å². The molecule has 0 aliphatic heterocycles. The van der Waals surface area contributed by atoms with Crippen LogP contribution in [-0.4, -0.2) is 14.5 Å². The van der Waals surface area contributed by atoms with Gasteiger partial charge in [0.1, 0.15) is 5.52 Å². The fourth-order valence-electron chi connectivity index (χ4n) is 2.71. The van der Waals surface area contributed by atoms with Gasteiger partial charge in [-0.1, -0.05) is 27.7 Å². The molecule has 0 unspecified atom stereocenters. The number of anilines is 1. The molecule has 0 bridgehead atoms. The van der Waals surface area contributed by atoms with Gasteiger partial charge in [0.2, 0.25) is 5.95 Å². The zero-order valence-electron chi connectivity index (χ0n) is 12.5. The summed E-state index contributed by atoms with van der Waals surface area (Å²) in [5.41, 5.74) is 8.97. The van der Waals surface area contributed by atoms with Crippen molar-refractivity contribution in [2.24, 2.45) is 17.8 Å². The second-order valence-corrected chi connectivity index (χ2v) is 6.09. The molecule has 0 atom stereocenters. The van der Waals surface area contributed by atoms with Crippen LogP contribution >= 0.6 is 0 Å². The Morgan fingerprint density at radius 3 is 2.42 bits per heavy atom. The van der Waals surface area contributed by atoms with Gasteiger partial charge in [0.05, 0.1) is 0 Å². The molecule has 0 aliphatic carbocycles. The molecule has 2 rings (SSSR count). The fraction of sp³-hybridized carbons (Fsp3) is 0.600. The number of aryl methyl sites for hydroxylation is 1. The number of fused-ring (bicyclic) bond motifs is 1. The molecule has 19 heavy (non-hydrogen) atoms. The summed E-state index contributed by atoms with van der Waals surface area (Å²) in [5, 5.41) is 0. The quantitative estimate of drug-likeness (QED) is 0.918. The Kier molecular flexibility index (Phi) is 3.78. The van der Waals surface area contributed by atoms with E-state index in [0.29, 0.717) is 23.7 Å². The van der Waals surface area contributed by atoms with E-state index in [-0.39, 0.29) is 0 Å². The maximum absolute atomic E-state index is 6.06. The largest absolute Gasteiger partial charge is 0.369 e. The van der Waals surface area contributed by atoms with Crippen molar-refractivity contribution >= 4 is 17.1 Å². The third kappa shape index (κ3) is 2.72. The molecule has 0 aromatic carbocycles. The van der Waals surface area contributed by atoms with Crippen LogP contribution in [0.15, 0.2) is 12.3 Å². The molecule has 2 aromatic rings. The van der Waals surface area contributed by atoms with Crippen molar-refractivity contribution in [3.8, 4) is 0 Å². The lowest BCUT2D eigenvalue weighted by Crippen LogP contribution is -2.22. The SMILES string of the molecule is Cc1cnc2c(c1)nc(N)n2CC(C(C)C)C(C)C. The minimum Gasteiger partial charge on any atom is -0.369 e. The normalized spacial score (nSPS) is 12.2. The lowest BCUT2D eigenvalue weighted by atomic mass is 9.85. The lowest BCUT2D eigenvalue weighted by Gasteiger charge is -2.25. The van der Waals surface area contributed by atoms with Crippen LogP contribution in [0.2, 0.25) is 0 Å². The van der Waals surface area contributed by atoms with E-state index in [1.54, 1.807) is 0 Å². The second-order valence-electron chi connectivity index (χ2n) is 6.09. The van der Waals surface area contributed by atoms with Crippen LogP contribution in [0, 0.1) is 24.7 Å². The van der Waals surface area contributed by atoms with Crippen LogP contribution < -0.4 is 5.73 Å². The molecule has 0 saturated heterocycles. The molecule has 2 aromatic heterocycles. The molecule has 4 nitrogen and oxygen atoms in total. The number of hydrogen-bond donors (Lipinski definition) is 1. The summed E-state index contributed by atoms with van der Waals surface area (Å²) in [4.78, 5) is 8.92. The average Bonchev–Trinajstić information content (AvgIpc) is 2.60. The van der Waals surface area contributed by atoms with E-state index in [1.807, 2.05) is 19.2 Å². The summed E-state index contributed by atoms with van der Waals surface area (Å²) in [6.07, 6.45) is 1.87. The predicted octanol–water partition coefficient (Wildman–Crippen LogP) is 3.25. The third-order valence-electron chi connectivity index (χ3n) is 3.86. The predicted molar refractivity (Wildman–Crippen MR) is 79.8 cm³/mol. The highest BCUT2D eigenvalue weighted by molar-refractivity contribution is 5.74. The van der Waals surface area contributed by atoms with Crippen molar-refractivity contribution in [3.63, 3.8) is 0 Å². The summed E-state index contributed by atoms with van der Waals surface area (Å²) in [7, 11) is 0. The minimum absolute atomic E-state index is 0.569. The highest BCUT2D eigenvalue weighted by atomic mass is 15.2. The van der Waals surface area contributed by atoms with E-state index in [4.69, 9.17) is 5.73 Å². The highest BCUT2D eigenvalue weighted by Gasteiger charge is 2.21. The van der Waals surface area contributed by atoms with E-state index in [0.717, 1.165) is 23.3 Å². The smallest absolute Gasteiger partial charge is 0.202 e. The van der Waals surface area contributed by atoms with Gasteiger partial charge < -0.3 is 5.73 Å². The maximum Gasteiger partial charge on any atom is 0.202 e. The van der Waals surface area contributed by atoms with Gasteiger partial charge >= 0.3 is 0 Å². The van der Waals surface area contributed by atoms with Crippen LogP contribution in [-0.2, 0) is 6.54 Å². The first kappa shape index (κ1) is 13.8. The molecular formula is C15H24N4. The monoisotopic (exact) mass is 260 g/mol. The van der Waals surface area contributed by atoms with E-state index >= 15 is 0 Å². The van der Waals surface area contributed by atoms with E-state index in [9.17, 15) is 0 Å². The highest BCUT2D eigenvalue weighted by Crippen LogP contribution is 2.26. The first-order chi connectivity index (χ1) is 8.90. The van der Waals surface area contributed by atoms with Crippen LogP contribution in [0.5, 0.6) is 0 Å². The maximum atomic E-state index is 6.06. The number of rotatable bonds is 4. The molecule has 0 aliphatic rings. The Hall–Kier alpha value is -1.58. The van der Waals surface area contributed by atoms with Gasteiger partial charge in [0.15, 0.2) is 5.65 Å². The molecule has 0 amide bonds. The minimum atomic E-state index is 0.569. The van der Waals surface area contributed by atoms with Gasteiger partial charge in [-0.3, -0.25) is 4.57 Å². The number of nitrogens with two attached hydrogens (primary N) is 1. The summed E-state index contributed by atoms with van der Waals surface area (Å²) < 4.78 is 2.06. The zero-order chi connectivity index (χ0) is 14.2. The third-order valence-corrected chi connectivity index (χ3v) is 3.86. The summed E-state index contributed by atoms with van der Waals surface area (Å²) >= 11 is 0. The number of hydrogen-bond acceptors (Lipinski definition) is 3. The number of nitrogens with zero attached hydrogens (tertiary/aromatic N) is 3. The van der Waals surface area contributed by atoms with Crippen molar-refractivity contribution in [1.29, 1.82) is 0 Å². The van der Waals surface area contributed by atoms with E-state index in [1.165, 1.54) is 0 Å². The van der Waals surface area contributed by atoms with Gasteiger partial charge in [0, 0.05) is 12.7 Å². The average molecular weight is 260 g/mol. The van der Waals surface area contributed by atoms with Crippen molar-refractivity contribution in [2.45, 2.75) is 41.2 Å². The molecule has 0 radical (unpaired) electrons. The van der Waals surface area contributed by atoms with Crippen LogP contribution in [0.1, 0.15) is 33.3 Å². The molecule has 0 saturated carbocycles. The Bertz CT molecular complexity index is 561. The molecule has 2 N–H and O–H groups in total. The van der Waals surface area contributed by atoms with E-state index < -0.39 is 0 Å². The van der Waals surface area contributed by atoms with Gasteiger partial charge in [0.25, 0.3) is 0 Å². The van der Waals surface area contributed by atoms with Crippen molar-refractivity contribution in [1.82, 2.24) is 14.5 Å². The van der Waals surface area contributed by atoms with Crippen LogP contribution in [0.25, 0.3) is 11.2 Å². The Morgan fingerprint density at radius 2 is 1.84 bits per heavy atom. The molecule has 2 heterocycles. The molecule has 0 fully saturated rings. The van der Waals surface area contributed by atoms with Crippen LogP contribution in [0.3, 0.4) is 0 Å². The standard InChI is InChI=1S/C15H24N4/c1-9(2)12(10(3)4)8-19-14-13(18-15(19)16)6-11(5)7-17-14/h6-7,9-10,12H,8H2,1-5H3,(H2,16,18). The number of pyridine rings is 1. The number of aromatic nitrogens is 3. The molecule has 104 valence electrons. The summed E-state index contributed by atoms with van der Waals surface area (Å²) in [6, 6.07) is 2.04. The first-order valence-corrected chi connectivity index (χ1v) is 6.98. The Balaban J connectivity index is 2.42. The van der Waals surface area contributed by atoms with Crippen molar-refractivity contribution < 1.29 is 0 Å². The Morgan fingerprint density at radius 1 is 1.21 bits per heavy atom. The van der Waals surface area contributed by atoms with Gasteiger partial charge in [-0.15, -0.1) is 0 Å². The second kappa shape index (κ2) is 5.19. The van der Waals surface area contributed by atoms with Gasteiger partial charge in [-0.05, 0) is 36.3 Å². The Labute approximate surface area is 115 Å². The lowest BCUT2D eigenvalue weighted by molar-refractivity contribution is 0.255. The summed E-state index contributed by atoms with van der Waals surface area (Å²) in [6.45, 7) is 11.9. The van der Waals surface area contributed by atoms with E-state index in [2.05, 4.69) is 42.2 Å². The summed E-state index contributed by atoms with van der Waals surface area (Å²) in [5.74, 6) is 2.37. The molecular weight excluding hydrogens is 236 g/mol. The first-order valence-electron chi connectivity index (χ1n) is 6.98. The zero-order valence-corrected chi connectivity index (χ0v) is 12.5. The number of nitrogen functional groups attached to an aromatic ring is 1. The fourth-order valence-corrected chi connectivity index (χ4v) is 2.71. The van der Waals surface area contributed by atoms with Gasteiger partial charge in [-0.2, -0.15) is 0 Å². The molecule has 0 spiro atoms.